The van der Waals surface area contributed by atoms with Crippen LogP contribution in [0.5, 0.6) is 0 Å². The highest BCUT2D eigenvalue weighted by Gasteiger charge is 2.47. The second kappa shape index (κ2) is 7.51. The Labute approximate surface area is 165 Å². The summed E-state index contributed by atoms with van der Waals surface area (Å²) in [7, 11) is -1.98. The summed E-state index contributed by atoms with van der Waals surface area (Å²) >= 11 is 0. The third-order valence-electron chi connectivity index (χ3n) is 6.07. The zero-order valence-electron chi connectivity index (χ0n) is 17.5. The minimum absolute atomic E-state index is 0.540. The zero-order valence-corrected chi connectivity index (χ0v) is 18.5. The second-order valence-electron chi connectivity index (χ2n) is 8.57. The van der Waals surface area contributed by atoms with E-state index in [4.69, 9.17) is 4.43 Å². The van der Waals surface area contributed by atoms with Gasteiger partial charge >= 0.3 is 0 Å². The molecule has 27 heavy (non-hydrogen) atoms. The second-order valence-corrected chi connectivity index (χ2v) is 13.9. The van der Waals surface area contributed by atoms with E-state index in [2.05, 4.69) is 103 Å². The highest BCUT2D eigenvalue weighted by atomic mass is 28.4. The van der Waals surface area contributed by atoms with Crippen LogP contribution in [0.1, 0.15) is 47.1 Å². The maximum Gasteiger partial charge on any atom is 0.258 e. The van der Waals surface area contributed by atoms with Crippen molar-refractivity contribution in [3.8, 4) is 0 Å². The zero-order chi connectivity index (χ0) is 19.8. The average molecular weight is 377 g/mol. The number of benzene rings is 3. The molecule has 0 aromatic heterocycles. The molecule has 0 unspecified atom stereocenters. The molecule has 0 saturated heterocycles. The van der Waals surface area contributed by atoms with Crippen LogP contribution in [0.25, 0.3) is 27.3 Å². The molecule has 0 atom stereocenters. The highest BCUT2D eigenvalue weighted by molar-refractivity contribution is 6.78. The van der Waals surface area contributed by atoms with Gasteiger partial charge in [0.15, 0.2) is 0 Å². The lowest BCUT2D eigenvalue weighted by Gasteiger charge is -2.42. The van der Waals surface area contributed by atoms with E-state index in [1.165, 1.54) is 21.5 Å². The third-order valence-corrected chi connectivity index (χ3v) is 12.1. The molecule has 1 nitrogen and oxygen atoms in total. The predicted molar refractivity (Wildman–Crippen MR) is 123 cm³/mol. The maximum atomic E-state index is 6.79. The summed E-state index contributed by atoms with van der Waals surface area (Å²) in [6.45, 7) is 18.2. The van der Waals surface area contributed by atoms with Crippen molar-refractivity contribution in [1.29, 1.82) is 0 Å². The Morgan fingerprint density at radius 2 is 1.30 bits per heavy atom. The Morgan fingerprint density at radius 1 is 0.741 bits per heavy atom. The summed E-state index contributed by atoms with van der Waals surface area (Å²) in [6, 6.07) is 19.5. The van der Waals surface area contributed by atoms with Gasteiger partial charge in [-0.1, -0.05) is 96.7 Å². The standard InChI is InChI=1S/C25H32OSi/c1-17(2)27(18(3)4,19(5)6)26-20(7)22-14-15-25-23(16-22)13-12-21-10-8-9-11-24(21)25/h8-19H,7H2,1-6H3. The average Bonchev–Trinajstić information content (AvgIpc) is 2.64. The van der Waals surface area contributed by atoms with Crippen LogP contribution in [0.15, 0.2) is 61.2 Å². The van der Waals surface area contributed by atoms with E-state index in [-0.39, 0.29) is 0 Å². The first-order chi connectivity index (χ1) is 12.8. The summed E-state index contributed by atoms with van der Waals surface area (Å²) in [5.74, 6) is 0.827. The molecule has 142 valence electrons. The Hall–Kier alpha value is -2.06. The Balaban J connectivity index is 2.01. The molecule has 0 aliphatic carbocycles. The van der Waals surface area contributed by atoms with Gasteiger partial charge in [0.2, 0.25) is 0 Å². The smallest absolute Gasteiger partial charge is 0.258 e. The quantitative estimate of drug-likeness (QED) is 0.239. The monoisotopic (exact) mass is 376 g/mol. The lowest BCUT2D eigenvalue weighted by atomic mass is 10.00. The maximum absolute atomic E-state index is 6.79. The fourth-order valence-electron chi connectivity index (χ4n) is 4.81. The van der Waals surface area contributed by atoms with Crippen LogP contribution >= 0.6 is 0 Å². The van der Waals surface area contributed by atoms with Gasteiger partial charge in [-0.05, 0) is 44.2 Å². The first kappa shape index (κ1) is 19.7. The van der Waals surface area contributed by atoms with Gasteiger partial charge in [-0.3, -0.25) is 0 Å². The van der Waals surface area contributed by atoms with Crippen molar-refractivity contribution in [2.45, 2.75) is 58.2 Å². The lowest BCUT2D eigenvalue weighted by Crippen LogP contribution is -2.47. The normalized spacial score (nSPS) is 12.5. The van der Waals surface area contributed by atoms with Gasteiger partial charge in [0.1, 0.15) is 5.76 Å². The molecule has 0 spiro atoms. The summed E-state index contributed by atoms with van der Waals surface area (Å²) in [5, 5.41) is 5.09. The molecule has 0 aliphatic rings. The Bertz CT molecular complexity index is 947. The molecular formula is C25H32OSi. The first-order valence-electron chi connectivity index (χ1n) is 10.1. The summed E-state index contributed by atoms with van der Waals surface area (Å²) in [6.07, 6.45) is 0. The summed E-state index contributed by atoms with van der Waals surface area (Å²) < 4.78 is 6.79. The highest BCUT2D eigenvalue weighted by Crippen LogP contribution is 2.44. The van der Waals surface area contributed by atoms with E-state index in [1.807, 2.05) is 0 Å². The molecule has 0 radical (unpaired) electrons. The van der Waals surface area contributed by atoms with Crippen molar-refractivity contribution < 1.29 is 4.43 Å². The van der Waals surface area contributed by atoms with Crippen molar-refractivity contribution >= 4 is 35.6 Å². The Morgan fingerprint density at radius 3 is 1.93 bits per heavy atom. The van der Waals surface area contributed by atoms with E-state index in [1.54, 1.807) is 0 Å². The van der Waals surface area contributed by atoms with E-state index >= 15 is 0 Å². The van der Waals surface area contributed by atoms with Gasteiger partial charge in [0, 0.05) is 5.56 Å². The summed E-state index contributed by atoms with van der Waals surface area (Å²) in [4.78, 5) is 0. The van der Waals surface area contributed by atoms with Crippen molar-refractivity contribution in [1.82, 2.24) is 0 Å². The first-order valence-corrected chi connectivity index (χ1v) is 12.2. The third kappa shape index (κ3) is 3.43. The molecule has 3 rings (SSSR count). The molecule has 2 heteroatoms. The number of hydrogen-bond donors (Lipinski definition) is 0. The fraction of sp³-hybridized carbons (Fsp3) is 0.360. The van der Waals surface area contributed by atoms with E-state index in [0.717, 1.165) is 11.3 Å². The van der Waals surface area contributed by atoms with Crippen LogP contribution in [0.2, 0.25) is 16.6 Å². The van der Waals surface area contributed by atoms with Gasteiger partial charge in [-0.15, -0.1) is 0 Å². The Kier molecular flexibility index (Phi) is 5.48. The molecule has 0 aliphatic heterocycles. The van der Waals surface area contributed by atoms with Gasteiger partial charge in [0.25, 0.3) is 8.32 Å². The molecule has 0 N–H and O–H groups in total. The predicted octanol–water partition coefficient (Wildman–Crippen LogP) is 8.16. The SMILES string of the molecule is C=C(O[Si](C(C)C)(C(C)C)C(C)C)c1ccc2c(ccc3ccccc32)c1. The van der Waals surface area contributed by atoms with Crippen molar-refractivity contribution in [3.05, 3.63) is 66.7 Å². The number of rotatable bonds is 6. The number of hydrogen-bond acceptors (Lipinski definition) is 1. The minimum atomic E-state index is -1.98. The van der Waals surface area contributed by atoms with Crippen LogP contribution in [0.4, 0.5) is 0 Å². The molecule has 0 heterocycles. The van der Waals surface area contributed by atoms with Crippen molar-refractivity contribution in [3.63, 3.8) is 0 Å². The largest absolute Gasteiger partial charge is 0.543 e. The van der Waals surface area contributed by atoms with Crippen LogP contribution in [-0.4, -0.2) is 8.32 Å². The van der Waals surface area contributed by atoms with Crippen LogP contribution in [0.3, 0.4) is 0 Å². The van der Waals surface area contributed by atoms with Crippen molar-refractivity contribution in [2.75, 3.05) is 0 Å². The minimum Gasteiger partial charge on any atom is -0.543 e. The van der Waals surface area contributed by atoms with Gasteiger partial charge in [-0.2, -0.15) is 0 Å². The molecule has 3 aromatic carbocycles. The topological polar surface area (TPSA) is 9.23 Å². The van der Waals surface area contributed by atoms with Gasteiger partial charge < -0.3 is 4.43 Å². The molecule has 0 fully saturated rings. The summed E-state index contributed by atoms with van der Waals surface area (Å²) in [5.41, 5.74) is 2.72. The number of fused-ring (bicyclic) bond motifs is 3. The lowest BCUT2D eigenvalue weighted by molar-refractivity contribution is 0.445. The molecule has 0 bridgehead atoms. The van der Waals surface area contributed by atoms with E-state index < -0.39 is 8.32 Å². The van der Waals surface area contributed by atoms with Gasteiger partial charge in [-0.25, -0.2) is 0 Å². The molecular weight excluding hydrogens is 344 g/mol. The van der Waals surface area contributed by atoms with Crippen molar-refractivity contribution in [2.24, 2.45) is 0 Å². The van der Waals surface area contributed by atoms with Crippen LogP contribution in [-0.2, 0) is 4.43 Å². The molecule has 3 aromatic rings. The van der Waals surface area contributed by atoms with Gasteiger partial charge in [0.05, 0.1) is 0 Å². The molecule has 0 saturated carbocycles. The van der Waals surface area contributed by atoms with Crippen LogP contribution < -0.4 is 0 Å². The van der Waals surface area contributed by atoms with Crippen LogP contribution in [0, 0.1) is 0 Å². The molecule has 0 amide bonds. The fourth-order valence-corrected chi connectivity index (χ4v) is 10.1. The van der Waals surface area contributed by atoms with E-state index in [0.29, 0.717) is 16.6 Å². The van der Waals surface area contributed by atoms with E-state index in [9.17, 15) is 0 Å².